The number of pyridine rings is 1. The van der Waals surface area contributed by atoms with Crippen LogP contribution in [0, 0.1) is 0 Å². The Morgan fingerprint density at radius 1 is 0.920 bits per heavy atom. The zero-order valence-corrected chi connectivity index (χ0v) is 14.5. The smallest absolute Gasteiger partial charge is 0.155 e. The summed E-state index contributed by atoms with van der Waals surface area (Å²) in [6.45, 7) is 6.38. The van der Waals surface area contributed by atoms with E-state index in [2.05, 4.69) is 62.2 Å². The van der Waals surface area contributed by atoms with Crippen LogP contribution in [0.2, 0.25) is 0 Å². The van der Waals surface area contributed by atoms with Gasteiger partial charge in [0.15, 0.2) is 5.82 Å². The van der Waals surface area contributed by atoms with Gasteiger partial charge < -0.3 is 9.13 Å². The van der Waals surface area contributed by atoms with Crippen molar-refractivity contribution < 1.29 is 0 Å². The van der Waals surface area contributed by atoms with Crippen molar-refractivity contribution in [3.8, 4) is 11.4 Å². The topological polar surface area (TPSA) is 61.4 Å². The summed E-state index contributed by atoms with van der Waals surface area (Å²) in [5.41, 5.74) is 2.03. The number of rotatable bonds is 4. The van der Waals surface area contributed by atoms with E-state index in [4.69, 9.17) is 0 Å². The zero-order chi connectivity index (χ0) is 17.4. The lowest BCUT2D eigenvalue weighted by Gasteiger charge is -2.19. The molecule has 0 aliphatic heterocycles. The highest BCUT2D eigenvalue weighted by molar-refractivity contribution is 5.92. The molecule has 4 aromatic rings. The molecule has 6 nitrogen and oxygen atoms in total. The van der Waals surface area contributed by atoms with E-state index in [0.29, 0.717) is 6.04 Å². The Hall–Kier alpha value is -3.02. The molecule has 0 aliphatic carbocycles. The van der Waals surface area contributed by atoms with Crippen LogP contribution in [0.3, 0.4) is 0 Å². The Labute approximate surface area is 146 Å². The molecular weight excluding hydrogens is 312 g/mol. The van der Waals surface area contributed by atoms with Crippen molar-refractivity contribution in [3.05, 3.63) is 61.1 Å². The highest BCUT2D eigenvalue weighted by Gasteiger charge is 2.20. The third-order valence-electron chi connectivity index (χ3n) is 4.50. The molecule has 0 aliphatic rings. The lowest BCUT2D eigenvalue weighted by Crippen LogP contribution is -2.15. The van der Waals surface area contributed by atoms with Crippen molar-refractivity contribution in [2.24, 2.45) is 0 Å². The minimum Gasteiger partial charge on any atom is -0.321 e. The summed E-state index contributed by atoms with van der Waals surface area (Å²) in [4.78, 5) is 9.07. The van der Waals surface area contributed by atoms with Crippen LogP contribution in [0.25, 0.3) is 22.3 Å². The Bertz CT molecular complexity index is 1010. The first-order valence-corrected chi connectivity index (χ1v) is 8.43. The second-order valence-corrected chi connectivity index (χ2v) is 6.40. The van der Waals surface area contributed by atoms with E-state index < -0.39 is 0 Å². The molecule has 3 aromatic heterocycles. The quantitative estimate of drug-likeness (QED) is 0.569. The molecule has 1 aromatic carbocycles. The van der Waals surface area contributed by atoms with Gasteiger partial charge in [-0.15, -0.1) is 10.2 Å². The molecule has 0 bridgehead atoms. The van der Waals surface area contributed by atoms with Crippen LogP contribution in [0.1, 0.15) is 38.7 Å². The molecule has 0 N–H and O–H groups in total. The molecule has 0 saturated carbocycles. The molecular formula is C19H20N6. The van der Waals surface area contributed by atoms with Gasteiger partial charge >= 0.3 is 0 Å². The second kappa shape index (κ2) is 6.12. The second-order valence-electron chi connectivity index (χ2n) is 6.40. The number of hydrogen-bond acceptors (Lipinski definition) is 4. The molecule has 6 heteroatoms. The fraction of sp³-hybridized carbons (Fsp3) is 0.263. The summed E-state index contributed by atoms with van der Waals surface area (Å²) in [7, 11) is 0. The standard InChI is InChI=1S/C19H20N6/c1-13(2)25-12-22-23-18(25)14(3)24-11-10-21-19(24)16-6-4-8-17-15(16)7-5-9-20-17/h4-14H,1-3H3. The van der Waals surface area contributed by atoms with Gasteiger partial charge in [0.05, 0.1) is 11.6 Å². The Balaban J connectivity index is 1.84. The summed E-state index contributed by atoms with van der Waals surface area (Å²) in [6.07, 6.45) is 7.42. The van der Waals surface area contributed by atoms with Gasteiger partial charge in [-0.05, 0) is 32.9 Å². The first-order chi connectivity index (χ1) is 12.2. The van der Waals surface area contributed by atoms with E-state index in [-0.39, 0.29) is 6.04 Å². The number of nitrogens with zero attached hydrogens (tertiary/aromatic N) is 6. The van der Waals surface area contributed by atoms with Crippen molar-refractivity contribution in [1.29, 1.82) is 0 Å². The van der Waals surface area contributed by atoms with Crippen LogP contribution in [0.5, 0.6) is 0 Å². The third-order valence-corrected chi connectivity index (χ3v) is 4.50. The van der Waals surface area contributed by atoms with Gasteiger partial charge in [-0.25, -0.2) is 4.98 Å². The summed E-state index contributed by atoms with van der Waals surface area (Å²) < 4.78 is 4.24. The van der Waals surface area contributed by atoms with Crippen molar-refractivity contribution >= 4 is 10.9 Å². The van der Waals surface area contributed by atoms with Crippen molar-refractivity contribution in [2.45, 2.75) is 32.9 Å². The average molecular weight is 332 g/mol. The Morgan fingerprint density at radius 3 is 2.64 bits per heavy atom. The van der Waals surface area contributed by atoms with Crippen LogP contribution >= 0.6 is 0 Å². The SMILES string of the molecule is CC(C)n1cnnc1C(C)n1ccnc1-c1cccc2ncccc12. The summed E-state index contributed by atoms with van der Waals surface area (Å²) in [6, 6.07) is 10.5. The normalized spacial score (nSPS) is 12.8. The molecule has 0 radical (unpaired) electrons. The molecule has 3 heterocycles. The number of imidazole rings is 1. The molecule has 0 fully saturated rings. The fourth-order valence-electron chi connectivity index (χ4n) is 3.21. The van der Waals surface area contributed by atoms with Crippen LogP contribution < -0.4 is 0 Å². The molecule has 0 saturated heterocycles. The van der Waals surface area contributed by atoms with Crippen molar-refractivity contribution in [2.75, 3.05) is 0 Å². The zero-order valence-electron chi connectivity index (χ0n) is 14.5. The highest BCUT2D eigenvalue weighted by atomic mass is 15.3. The maximum absolute atomic E-state index is 4.62. The van der Waals surface area contributed by atoms with E-state index >= 15 is 0 Å². The van der Waals surface area contributed by atoms with E-state index in [9.17, 15) is 0 Å². The Kier molecular flexibility index (Phi) is 3.80. The lowest BCUT2D eigenvalue weighted by molar-refractivity contribution is 0.508. The predicted octanol–water partition coefficient (Wildman–Crippen LogP) is 3.88. The van der Waals surface area contributed by atoms with E-state index in [1.807, 2.05) is 36.8 Å². The number of hydrogen-bond donors (Lipinski definition) is 0. The van der Waals surface area contributed by atoms with E-state index in [0.717, 1.165) is 28.1 Å². The van der Waals surface area contributed by atoms with Gasteiger partial charge in [-0.1, -0.05) is 18.2 Å². The number of aromatic nitrogens is 6. The van der Waals surface area contributed by atoms with Gasteiger partial charge in [0.25, 0.3) is 0 Å². The van der Waals surface area contributed by atoms with Crippen LogP contribution in [-0.4, -0.2) is 29.3 Å². The first kappa shape index (κ1) is 15.5. The van der Waals surface area contributed by atoms with Crippen LogP contribution in [-0.2, 0) is 0 Å². The molecule has 4 rings (SSSR count). The first-order valence-electron chi connectivity index (χ1n) is 8.43. The van der Waals surface area contributed by atoms with Gasteiger partial charge in [0.1, 0.15) is 12.2 Å². The van der Waals surface area contributed by atoms with Gasteiger partial charge in [0.2, 0.25) is 0 Å². The largest absolute Gasteiger partial charge is 0.321 e. The van der Waals surface area contributed by atoms with Crippen molar-refractivity contribution in [1.82, 2.24) is 29.3 Å². The summed E-state index contributed by atoms with van der Waals surface area (Å²) in [5, 5.41) is 9.53. The minimum atomic E-state index is 0.0225. The summed E-state index contributed by atoms with van der Waals surface area (Å²) in [5.74, 6) is 1.83. The van der Waals surface area contributed by atoms with Crippen LogP contribution in [0.15, 0.2) is 55.2 Å². The molecule has 126 valence electrons. The molecule has 0 spiro atoms. The third kappa shape index (κ3) is 2.59. The van der Waals surface area contributed by atoms with Crippen molar-refractivity contribution in [3.63, 3.8) is 0 Å². The van der Waals surface area contributed by atoms with E-state index in [1.165, 1.54) is 0 Å². The molecule has 1 atom stereocenters. The number of benzene rings is 1. The Morgan fingerprint density at radius 2 is 1.80 bits per heavy atom. The molecule has 25 heavy (non-hydrogen) atoms. The minimum absolute atomic E-state index is 0.0225. The van der Waals surface area contributed by atoms with Gasteiger partial charge in [0, 0.05) is 35.6 Å². The maximum Gasteiger partial charge on any atom is 0.155 e. The maximum atomic E-state index is 4.62. The predicted molar refractivity (Wildman–Crippen MR) is 97.2 cm³/mol. The van der Waals surface area contributed by atoms with Gasteiger partial charge in [-0.3, -0.25) is 4.98 Å². The molecule has 0 amide bonds. The molecule has 1 unspecified atom stereocenters. The number of fused-ring (bicyclic) bond motifs is 1. The average Bonchev–Trinajstić information content (AvgIpc) is 3.30. The monoisotopic (exact) mass is 332 g/mol. The lowest BCUT2D eigenvalue weighted by atomic mass is 10.1. The highest BCUT2D eigenvalue weighted by Crippen LogP contribution is 2.30. The van der Waals surface area contributed by atoms with E-state index in [1.54, 1.807) is 6.33 Å². The fourth-order valence-corrected chi connectivity index (χ4v) is 3.21. The summed E-state index contributed by atoms with van der Waals surface area (Å²) >= 11 is 0. The van der Waals surface area contributed by atoms with Crippen LogP contribution in [0.4, 0.5) is 0 Å². The van der Waals surface area contributed by atoms with Gasteiger partial charge in [-0.2, -0.15) is 0 Å².